The molecule has 0 N–H and O–H groups in total. The number of hydrogen-bond acceptors (Lipinski definition) is 0. The Bertz CT molecular complexity index is 1170. The molecule has 0 atom stereocenters. The molecule has 5 aromatic rings. The van der Waals surface area contributed by atoms with Gasteiger partial charge in [0, 0.05) is 8.95 Å². The maximum atomic E-state index is 3.80. The van der Waals surface area contributed by atoms with E-state index in [0.717, 1.165) is 8.95 Å². The van der Waals surface area contributed by atoms with Crippen LogP contribution in [-0.4, -0.2) is 0 Å². The number of rotatable bonds is 0. The smallest absolute Gasteiger partial charge is 0.0402 e. The van der Waals surface area contributed by atoms with Crippen molar-refractivity contribution >= 4 is 74.9 Å². The van der Waals surface area contributed by atoms with Gasteiger partial charge in [-0.2, -0.15) is 0 Å². The highest BCUT2D eigenvalue weighted by molar-refractivity contribution is 9.13. The van der Waals surface area contributed by atoms with E-state index in [0.29, 0.717) is 0 Å². The van der Waals surface area contributed by atoms with Gasteiger partial charge < -0.3 is 0 Å². The standard InChI is InChI=1S/C22H12Br2/c23-21-17-11-9-13-5-1-3-7-15(13)19(17)20-16-8-4-2-6-14(16)10-12-18(20)22(21)24/h1-12H. The molecular weight excluding hydrogens is 424 g/mol. The van der Waals surface area contributed by atoms with Crippen LogP contribution < -0.4 is 0 Å². The summed E-state index contributed by atoms with van der Waals surface area (Å²) in [6, 6.07) is 26.1. The first-order valence-electron chi connectivity index (χ1n) is 7.85. The van der Waals surface area contributed by atoms with Crippen molar-refractivity contribution in [2.75, 3.05) is 0 Å². The van der Waals surface area contributed by atoms with Crippen molar-refractivity contribution in [2.24, 2.45) is 0 Å². The van der Waals surface area contributed by atoms with Crippen molar-refractivity contribution < 1.29 is 0 Å². The topological polar surface area (TPSA) is 0 Å². The van der Waals surface area contributed by atoms with E-state index in [4.69, 9.17) is 0 Å². The summed E-state index contributed by atoms with van der Waals surface area (Å²) in [5, 5.41) is 10.2. The molecule has 0 spiro atoms. The van der Waals surface area contributed by atoms with Gasteiger partial charge in [0.05, 0.1) is 0 Å². The molecule has 0 fully saturated rings. The molecule has 0 aromatic heterocycles. The molecule has 5 aromatic carbocycles. The molecule has 24 heavy (non-hydrogen) atoms. The van der Waals surface area contributed by atoms with Gasteiger partial charge in [-0.15, -0.1) is 0 Å². The van der Waals surface area contributed by atoms with Crippen molar-refractivity contribution in [3.05, 3.63) is 81.7 Å². The summed E-state index contributed by atoms with van der Waals surface area (Å²) in [5.41, 5.74) is 0. The molecule has 0 heterocycles. The first kappa shape index (κ1) is 14.4. The highest BCUT2D eigenvalue weighted by atomic mass is 79.9. The van der Waals surface area contributed by atoms with Crippen LogP contribution in [0.4, 0.5) is 0 Å². The number of fused-ring (bicyclic) bond motifs is 7. The molecule has 0 nitrogen and oxygen atoms in total. The first-order chi connectivity index (χ1) is 11.8. The zero-order valence-corrected chi connectivity index (χ0v) is 15.9. The average molecular weight is 436 g/mol. The fourth-order valence-corrected chi connectivity index (χ4v) is 4.77. The molecule has 0 bridgehead atoms. The number of benzene rings is 5. The molecule has 0 aliphatic heterocycles. The minimum Gasteiger partial charge on any atom is -0.0616 e. The molecule has 0 amide bonds. The van der Waals surface area contributed by atoms with Crippen LogP contribution in [0.3, 0.4) is 0 Å². The van der Waals surface area contributed by atoms with E-state index in [-0.39, 0.29) is 0 Å². The third-order valence-electron chi connectivity index (χ3n) is 4.77. The van der Waals surface area contributed by atoms with Crippen LogP contribution in [0.15, 0.2) is 81.7 Å². The highest BCUT2D eigenvalue weighted by Crippen LogP contribution is 2.44. The van der Waals surface area contributed by atoms with Gasteiger partial charge >= 0.3 is 0 Å². The lowest BCUT2D eigenvalue weighted by atomic mass is 9.93. The van der Waals surface area contributed by atoms with Gasteiger partial charge in [0.1, 0.15) is 0 Å². The fourth-order valence-electron chi connectivity index (χ4n) is 3.68. The second kappa shape index (κ2) is 5.30. The normalized spacial score (nSPS) is 11.8. The van der Waals surface area contributed by atoms with E-state index in [1.54, 1.807) is 0 Å². The molecular formula is C22H12Br2. The monoisotopic (exact) mass is 434 g/mol. The predicted octanol–water partition coefficient (Wildman–Crippen LogP) is 7.82. The van der Waals surface area contributed by atoms with Crippen LogP contribution >= 0.6 is 31.9 Å². The third-order valence-corrected chi connectivity index (χ3v) is 6.95. The van der Waals surface area contributed by atoms with Gasteiger partial charge in [-0.1, -0.05) is 72.8 Å². The molecule has 0 saturated carbocycles. The summed E-state index contributed by atoms with van der Waals surface area (Å²) in [7, 11) is 0. The molecule has 114 valence electrons. The largest absolute Gasteiger partial charge is 0.0616 e. The second-order valence-corrected chi connectivity index (χ2v) is 7.63. The van der Waals surface area contributed by atoms with Crippen LogP contribution in [0.1, 0.15) is 0 Å². The van der Waals surface area contributed by atoms with Crippen LogP contribution in [0.2, 0.25) is 0 Å². The SMILES string of the molecule is Brc1c(Br)c2ccc3ccccc3c2c2c1ccc1ccccc12. The zero-order chi connectivity index (χ0) is 16.3. The second-order valence-electron chi connectivity index (χ2n) is 6.05. The minimum absolute atomic E-state index is 1.12. The van der Waals surface area contributed by atoms with Crippen LogP contribution in [0.25, 0.3) is 43.1 Å². The van der Waals surface area contributed by atoms with Crippen LogP contribution in [-0.2, 0) is 0 Å². The van der Waals surface area contributed by atoms with Crippen molar-refractivity contribution in [2.45, 2.75) is 0 Å². The van der Waals surface area contributed by atoms with E-state index in [9.17, 15) is 0 Å². The summed E-state index contributed by atoms with van der Waals surface area (Å²) in [6.07, 6.45) is 0. The van der Waals surface area contributed by atoms with E-state index < -0.39 is 0 Å². The van der Waals surface area contributed by atoms with Crippen molar-refractivity contribution in [3.8, 4) is 0 Å². The first-order valence-corrected chi connectivity index (χ1v) is 9.44. The summed E-state index contributed by atoms with van der Waals surface area (Å²) >= 11 is 7.61. The van der Waals surface area contributed by atoms with E-state index >= 15 is 0 Å². The van der Waals surface area contributed by atoms with E-state index in [2.05, 4.69) is 105 Å². The molecule has 2 heteroatoms. The third kappa shape index (κ3) is 1.90. The Hall–Kier alpha value is -1.90. The highest BCUT2D eigenvalue weighted by Gasteiger charge is 2.15. The Balaban J connectivity index is 2.24. The number of halogens is 2. The number of hydrogen-bond donors (Lipinski definition) is 0. The lowest BCUT2D eigenvalue weighted by molar-refractivity contribution is 1.72. The Morgan fingerprint density at radius 3 is 1.29 bits per heavy atom. The Labute approximate surface area is 156 Å². The Kier molecular flexibility index (Phi) is 3.19. The van der Waals surface area contributed by atoms with Gasteiger partial charge in [0.2, 0.25) is 0 Å². The lowest BCUT2D eigenvalue weighted by Crippen LogP contribution is -1.87. The molecule has 0 saturated heterocycles. The zero-order valence-electron chi connectivity index (χ0n) is 12.7. The van der Waals surface area contributed by atoms with Crippen molar-refractivity contribution in [3.63, 3.8) is 0 Å². The van der Waals surface area contributed by atoms with E-state index in [1.165, 1.54) is 43.1 Å². The molecule has 0 aliphatic carbocycles. The quantitative estimate of drug-likeness (QED) is 0.217. The molecule has 0 aliphatic rings. The van der Waals surface area contributed by atoms with Gasteiger partial charge in [0.15, 0.2) is 0 Å². The predicted molar refractivity (Wildman–Crippen MR) is 112 cm³/mol. The summed E-state index contributed by atoms with van der Waals surface area (Å²) < 4.78 is 2.23. The molecule has 5 rings (SSSR count). The van der Waals surface area contributed by atoms with Crippen molar-refractivity contribution in [1.29, 1.82) is 0 Å². The maximum Gasteiger partial charge on any atom is 0.0402 e. The molecule has 0 unspecified atom stereocenters. The summed E-state index contributed by atoms with van der Waals surface area (Å²) in [5.74, 6) is 0. The minimum atomic E-state index is 1.12. The molecule has 0 radical (unpaired) electrons. The van der Waals surface area contributed by atoms with Crippen LogP contribution in [0.5, 0.6) is 0 Å². The van der Waals surface area contributed by atoms with Gasteiger partial charge in [0.25, 0.3) is 0 Å². The van der Waals surface area contributed by atoms with Gasteiger partial charge in [-0.05, 0) is 74.9 Å². The van der Waals surface area contributed by atoms with E-state index in [1.807, 2.05) is 0 Å². The lowest BCUT2D eigenvalue weighted by Gasteiger charge is -2.14. The fraction of sp³-hybridized carbons (Fsp3) is 0. The Morgan fingerprint density at radius 2 is 0.833 bits per heavy atom. The van der Waals surface area contributed by atoms with Crippen LogP contribution in [0, 0.1) is 0 Å². The van der Waals surface area contributed by atoms with Gasteiger partial charge in [-0.3, -0.25) is 0 Å². The summed E-state index contributed by atoms with van der Waals surface area (Å²) in [6.45, 7) is 0. The Morgan fingerprint density at radius 1 is 0.417 bits per heavy atom. The van der Waals surface area contributed by atoms with Crippen molar-refractivity contribution in [1.82, 2.24) is 0 Å². The summed E-state index contributed by atoms with van der Waals surface area (Å²) in [4.78, 5) is 0. The average Bonchev–Trinajstić information content (AvgIpc) is 2.64. The van der Waals surface area contributed by atoms with Gasteiger partial charge in [-0.25, -0.2) is 0 Å². The maximum absolute atomic E-state index is 3.80.